The van der Waals surface area contributed by atoms with E-state index in [1.807, 2.05) is 31.2 Å². The number of halogens is 5. The molecule has 420 valence electrons. The largest absolute Gasteiger partial charge is 1.00 e. The normalized spacial score (nSPS) is 16.9. The van der Waals surface area contributed by atoms with Crippen LogP contribution >= 0.6 is 23.1 Å². The molecule has 3 N–H and O–H groups in total. The van der Waals surface area contributed by atoms with Crippen LogP contribution < -0.4 is 47.3 Å². The van der Waals surface area contributed by atoms with E-state index in [-0.39, 0.29) is 57.5 Å². The molecule has 3 aliphatic carbocycles. The van der Waals surface area contributed by atoms with Crippen LogP contribution in [0, 0.1) is 5.41 Å². The van der Waals surface area contributed by atoms with Gasteiger partial charge in [0.2, 0.25) is 11.3 Å². The van der Waals surface area contributed by atoms with Gasteiger partial charge in [0.15, 0.2) is 5.17 Å². The minimum Gasteiger partial charge on any atom is -1.00 e. The molecule has 3 aromatic rings. The van der Waals surface area contributed by atoms with Crippen LogP contribution in [0.5, 0.6) is 17.2 Å². The summed E-state index contributed by atoms with van der Waals surface area (Å²) >= 11 is 2.90. The van der Waals surface area contributed by atoms with Crippen LogP contribution in [-0.4, -0.2) is 74.5 Å². The molecule has 0 radical (unpaired) electrons. The summed E-state index contributed by atoms with van der Waals surface area (Å²) in [5.74, 6) is -1.13. The van der Waals surface area contributed by atoms with E-state index in [0.29, 0.717) is 10.9 Å². The van der Waals surface area contributed by atoms with Crippen molar-refractivity contribution >= 4 is 67.7 Å². The maximum Gasteiger partial charge on any atom is 0.387 e. The summed E-state index contributed by atoms with van der Waals surface area (Å²) < 4.78 is 61.8. The van der Waals surface area contributed by atoms with Crippen LogP contribution in [0.3, 0.4) is 0 Å². The molecular weight excluding hydrogens is 1070 g/mol. The Labute approximate surface area is 475 Å². The topological polar surface area (TPSA) is 128 Å². The van der Waals surface area contributed by atoms with Crippen molar-refractivity contribution in [1.29, 1.82) is 0 Å². The van der Waals surface area contributed by atoms with Gasteiger partial charge in [0, 0.05) is 55.3 Å². The summed E-state index contributed by atoms with van der Waals surface area (Å²) in [5.41, 5.74) is 9.40. The first-order valence-electron chi connectivity index (χ1n) is 25.7. The molecule has 2 heterocycles. The molecule has 79 heavy (non-hydrogen) atoms. The highest BCUT2D eigenvalue weighted by Gasteiger charge is 2.28. The zero-order valence-electron chi connectivity index (χ0n) is 46.0. The highest BCUT2D eigenvalue weighted by molar-refractivity contribution is 8.18. The number of hydrogen-bond acceptors (Lipinski definition) is 10. The summed E-state index contributed by atoms with van der Waals surface area (Å²) in [6.07, 6.45) is 25.1. The number of allylic oxidation sites excluding steroid dienone is 11. The van der Waals surface area contributed by atoms with Crippen molar-refractivity contribution in [3.05, 3.63) is 166 Å². The zero-order valence-corrected chi connectivity index (χ0v) is 48.3. The van der Waals surface area contributed by atoms with E-state index in [1.54, 1.807) is 29.5 Å². The number of benzene rings is 4. The van der Waals surface area contributed by atoms with Gasteiger partial charge in [-0.3, -0.25) is 14.6 Å². The Kier molecular flexibility index (Phi) is 23.8. The number of aromatic hydroxyl groups is 1. The standard InChI is InChI=1S/C28H35NO2.C17H16F4N2O3S.C16H18N3S.ClH/c1-21(13-18-26-23(3)12-9-19-28(26,4)5)10-7-6-8-11-22(2)20-27(31)29-24-14-16-25(30)17-15-24;18-15(19)25-11-6-5-9(12(8-11)26-16(20)21)7-13-14(24)23-17(27-13)22-10-3-1-2-4-10;1-18(2)11-5-7-13-15(9-11)20-16-10-12(19(3)4)6-8-14(16)17-13;/h6-8,10-11,13-18,20,30H,9,12,19H2,1-5H3,(H,29,31);5-8,10,15-16H,1-4H2,(H,22,23,24);5-10H,1-4H3;1H/q;;+1;/p-1/b7-6+,11-8+,18-13+,21-10+,22-20+;13-7-;;. The molecule has 2 amide bonds. The molecule has 11 nitrogen and oxygen atoms in total. The van der Waals surface area contributed by atoms with Crippen LogP contribution in [0.2, 0.25) is 0 Å². The highest BCUT2D eigenvalue weighted by Crippen LogP contribution is 2.41. The van der Waals surface area contributed by atoms with E-state index in [1.165, 1.54) is 86.9 Å². The first-order valence-corrected chi connectivity index (χ1v) is 27.3. The molecule has 5 aliphatic rings. The molecule has 0 unspecified atom stereocenters. The van der Waals surface area contributed by atoms with Crippen molar-refractivity contribution < 1.29 is 54.1 Å². The third-order valence-electron chi connectivity index (χ3n) is 12.9. The molecule has 1 saturated carbocycles. The molecule has 0 aromatic heterocycles. The number of phenols is 1. The van der Waals surface area contributed by atoms with Crippen LogP contribution in [0.25, 0.3) is 26.9 Å². The minimum atomic E-state index is -3.16. The molecule has 1 saturated heterocycles. The lowest BCUT2D eigenvalue weighted by Gasteiger charge is -2.32. The van der Waals surface area contributed by atoms with Gasteiger partial charge in [-0.05, 0) is 148 Å². The average Bonchev–Trinajstić information content (AvgIpc) is 4.11. The number of thioether (sulfide) groups is 1. The van der Waals surface area contributed by atoms with E-state index in [0.717, 1.165) is 60.3 Å². The van der Waals surface area contributed by atoms with Crippen molar-refractivity contribution in [3.63, 3.8) is 0 Å². The van der Waals surface area contributed by atoms with Gasteiger partial charge in [0.05, 0.1) is 31.7 Å². The Hall–Kier alpha value is -6.95. The summed E-state index contributed by atoms with van der Waals surface area (Å²) in [6.45, 7) is 4.65. The molecule has 2 fully saturated rings. The Morgan fingerprint density at radius 2 is 1.63 bits per heavy atom. The van der Waals surface area contributed by atoms with Gasteiger partial charge in [-0.15, -0.1) is 11.3 Å². The second-order valence-corrected chi connectivity index (χ2v) is 22.2. The fourth-order valence-corrected chi connectivity index (χ4v) is 10.6. The maximum absolute atomic E-state index is 12.6. The van der Waals surface area contributed by atoms with Crippen LogP contribution in [0.1, 0.15) is 85.1 Å². The van der Waals surface area contributed by atoms with Crippen molar-refractivity contribution in [1.82, 2.24) is 14.9 Å². The van der Waals surface area contributed by atoms with Gasteiger partial charge in [-0.1, -0.05) is 80.4 Å². The Morgan fingerprint density at radius 3 is 2.30 bits per heavy atom. The van der Waals surface area contributed by atoms with E-state index >= 15 is 0 Å². The second kappa shape index (κ2) is 29.9. The number of nitrogens with one attached hydrogen (secondary N) is 2. The van der Waals surface area contributed by atoms with E-state index in [4.69, 9.17) is 4.98 Å². The van der Waals surface area contributed by atoms with Gasteiger partial charge < -0.3 is 42.5 Å². The van der Waals surface area contributed by atoms with Gasteiger partial charge in [-0.25, -0.2) is 9.56 Å². The van der Waals surface area contributed by atoms with Crippen molar-refractivity contribution in [2.75, 3.05) is 38.4 Å². The number of carbonyl (C=O) groups excluding carboxylic acids is 2. The smallest absolute Gasteiger partial charge is 0.387 e. The number of amides is 2. The predicted molar refractivity (Wildman–Crippen MR) is 313 cm³/mol. The third kappa shape index (κ3) is 19.7. The lowest BCUT2D eigenvalue weighted by molar-refractivity contribution is -0.115. The minimum absolute atomic E-state index is 0. The fraction of sp³-hybridized carbons (Fsp3) is 0.328. The molecule has 2 aliphatic heterocycles. The maximum atomic E-state index is 12.6. The van der Waals surface area contributed by atoms with Crippen LogP contribution in [0.15, 0.2) is 160 Å². The highest BCUT2D eigenvalue weighted by atomic mass is 35.5. The van der Waals surface area contributed by atoms with Crippen molar-refractivity contribution in [2.45, 2.75) is 98.8 Å². The summed E-state index contributed by atoms with van der Waals surface area (Å²) in [7, 11) is 8.24. The Bertz CT molecular complexity index is 3220. The van der Waals surface area contributed by atoms with E-state index in [2.05, 4.69) is 145 Å². The summed E-state index contributed by atoms with van der Waals surface area (Å²) in [4.78, 5) is 37.0. The number of hydrogen-bond donors (Lipinski definition) is 3. The number of nitrogens with zero attached hydrogens (tertiary/aromatic N) is 4. The SMILES string of the molecule is CC1=C(/C=C/C(C)=C/C=C/C=C/C(C)=C/C(=O)Nc2ccc(O)cc2)C(C)(C)CCC1.CN(C)c1ccc2nc3ccc(=[N+](C)C)cc-3sc2c1.O=C1NC(=NC2CCCC2)S/C1=C\c1ccc(OC(F)F)cc1OC(F)F.[Cl-]. The lowest BCUT2D eigenvalue weighted by Crippen LogP contribution is -3.00. The summed E-state index contributed by atoms with van der Waals surface area (Å²) in [6, 6.07) is 22.8. The number of ether oxygens (including phenoxy) is 2. The van der Waals surface area contributed by atoms with Gasteiger partial charge in [0.1, 0.15) is 31.3 Å². The molecule has 18 heteroatoms. The molecule has 0 spiro atoms. The van der Waals surface area contributed by atoms with E-state index < -0.39 is 19.1 Å². The van der Waals surface area contributed by atoms with Gasteiger partial charge in [0.25, 0.3) is 5.91 Å². The number of aliphatic imine (C=N–C) groups is 1. The number of amidine groups is 1. The number of carbonyl (C=O) groups is 2. The third-order valence-corrected chi connectivity index (χ3v) is 14.9. The number of phenolic OH excluding ortho intramolecular Hbond substituents is 1. The van der Waals surface area contributed by atoms with Crippen LogP contribution in [-0.2, 0) is 9.59 Å². The first kappa shape index (κ1) is 62.9. The number of alkyl halides is 4. The number of anilines is 2. The number of fused-ring (bicyclic) bond motifs is 2. The van der Waals surface area contributed by atoms with Gasteiger partial charge >= 0.3 is 13.2 Å². The average molecular weight is 1140 g/mol. The van der Waals surface area contributed by atoms with Crippen molar-refractivity contribution in [2.24, 2.45) is 10.4 Å². The molecule has 0 atom stereocenters. The van der Waals surface area contributed by atoms with Crippen molar-refractivity contribution in [3.8, 4) is 27.8 Å². The predicted octanol–water partition coefficient (Wildman–Crippen LogP) is 11.3. The summed E-state index contributed by atoms with van der Waals surface area (Å²) in [5, 5.41) is 16.4. The molecule has 3 aromatic carbocycles. The van der Waals surface area contributed by atoms with E-state index in [9.17, 15) is 32.3 Å². The molecular formula is C61H69ClF4N6O5S2. The molecule has 0 bridgehead atoms. The monoisotopic (exact) mass is 1140 g/mol. The first-order chi connectivity index (χ1) is 37.1. The quantitative estimate of drug-likeness (QED) is 0.0250. The number of rotatable bonds is 14. The number of aromatic nitrogens is 1. The second-order valence-electron chi connectivity index (χ2n) is 20.0. The van der Waals surface area contributed by atoms with Crippen LogP contribution in [0.4, 0.5) is 28.9 Å². The zero-order chi connectivity index (χ0) is 56.5. The Balaban J connectivity index is 0.000000221. The lowest BCUT2D eigenvalue weighted by atomic mass is 9.72. The fourth-order valence-electron chi connectivity index (χ4n) is 8.73. The van der Waals surface area contributed by atoms with Gasteiger partial charge in [-0.2, -0.15) is 17.6 Å². The molecule has 8 rings (SSSR count). The Morgan fingerprint density at radius 1 is 0.911 bits per heavy atom.